The number of rotatable bonds is 7. The number of hydrogen-bond donors (Lipinski definition) is 1. The van der Waals surface area contributed by atoms with Gasteiger partial charge in [-0.2, -0.15) is 0 Å². The van der Waals surface area contributed by atoms with E-state index in [1.54, 1.807) is 12.1 Å². The topological polar surface area (TPSA) is 60.2 Å². The summed E-state index contributed by atoms with van der Waals surface area (Å²) < 4.78 is 25.2. The Morgan fingerprint density at radius 1 is 1.05 bits per heavy atom. The smallest absolute Gasteiger partial charge is 0.180 e. The summed E-state index contributed by atoms with van der Waals surface area (Å²) in [4.78, 5) is 0.366. The highest BCUT2D eigenvalue weighted by atomic mass is 35.5. The molecule has 114 valence electrons. The molecule has 2 rings (SSSR count). The van der Waals surface area contributed by atoms with Crippen molar-refractivity contribution in [3.63, 3.8) is 0 Å². The molecule has 0 aromatic heterocycles. The van der Waals surface area contributed by atoms with Crippen LogP contribution in [0.2, 0.25) is 0 Å². The Kier molecular flexibility index (Phi) is 5.62. The maximum absolute atomic E-state index is 12.6. The summed E-state index contributed by atoms with van der Waals surface area (Å²) in [5.41, 5.74) is 5.43. The normalized spacial score (nSPS) is 13.4. The second-order valence-corrected chi connectivity index (χ2v) is 7.76. The van der Waals surface area contributed by atoms with Crippen LogP contribution in [0.4, 0.5) is 0 Å². The lowest BCUT2D eigenvalue weighted by Gasteiger charge is -2.12. The Bertz CT molecular complexity index is 695. The van der Waals surface area contributed by atoms with Crippen molar-refractivity contribution in [3.05, 3.63) is 42.5 Å². The van der Waals surface area contributed by atoms with Gasteiger partial charge in [-0.1, -0.05) is 42.8 Å². The molecule has 0 aliphatic heterocycles. The molecule has 1 atom stereocenters. The maximum atomic E-state index is 12.6. The van der Waals surface area contributed by atoms with Gasteiger partial charge in [0.2, 0.25) is 0 Å². The molecule has 0 amide bonds. The average molecular weight is 326 g/mol. The van der Waals surface area contributed by atoms with Gasteiger partial charge in [0.15, 0.2) is 9.84 Å². The molecular weight excluding hydrogens is 306 g/mol. The lowest BCUT2D eigenvalue weighted by molar-refractivity contribution is 0.590. The van der Waals surface area contributed by atoms with Gasteiger partial charge in [-0.25, -0.2) is 8.42 Å². The van der Waals surface area contributed by atoms with Crippen molar-refractivity contribution in [2.24, 2.45) is 5.73 Å². The number of halogens is 1. The van der Waals surface area contributed by atoms with Gasteiger partial charge >= 0.3 is 0 Å². The summed E-state index contributed by atoms with van der Waals surface area (Å²) in [5, 5.41) is 1.30. The molecule has 5 heteroatoms. The van der Waals surface area contributed by atoms with Gasteiger partial charge in [0.25, 0.3) is 0 Å². The minimum Gasteiger partial charge on any atom is -0.330 e. The summed E-state index contributed by atoms with van der Waals surface area (Å²) in [7, 11) is -3.39. The van der Waals surface area contributed by atoms with Crippen molar-refractivity contribution >= 4 is 32.2 Å². The molecule has 0 spiro atoms. The van der Waals surface area contributed by atoms with Crippen LogP contribution in [0.25, 0.3) is 10.8 Å². The SMILES string of the molecule is NCCCCC(Cl)CS(=O)(=O)c1cccc2ccccc12. The zero-order valence-electron chi connectivity index (χ0n) is 11.8. The van der Waals surface area contributed by atoms with Gasteiger partial charge in [-0.05, 0) is 30.8 Å². The second-order valence-electron chi connectivity index (χ2n) is 5.14. The van der Waals surface area contributed by atoms with Crippen molar-refractivity contribution < 1.29 is 8.42 Å². The van der Waals surface area contributed by atoms with E-state index in [0.29, 0.717) is 17.9 Å². The molecule has 1 unspecified atom stereocenters. The summed E-state index contributed by atoms with van der Waals surface area (Å²) in [6, 6.07) is 12.8. The van der Waals surface area contributed by atoms with Crippen molar-refractivity contribution in [2.45, 2.75) is 29.5 Å². The van der Waals surface area contributed by atoms with Gasteiger partial charge in [-0.15, -0.1) is 11.6 Å². The Morgan fingerprint density at radius 2 is 1.76 bits per heavy atom. The third-order valence-corrected chi connectivity index (χ3v) is 5.88. The molecule has 2 aromatic rings. The highest BCUT2D eigenvalue weighted by molar-refractivity contribution is 7.91. The quantitative estimate of drug-likeness (QED) is 0.627. The lowest BCUT2D eigenvalue weighted by atomic mass is 10.1. The first-order valence-electron chi connectivity index (χ1n) is 7.09. The predicted molar refractivity (Wildman–Crippen MR) is 88.5 cm³/mol. The molecule has 0 heterocycles. The summed E-state index contributed by atoms with van der Waals surface area (Å²) in [6.45, 7) is 0.611. The minimum absolute atomic E-state index is 0.0346. The number of benzene rings is 2. The third kappa shape index (κ3) is 4.19. The Hall–Kier alpha value is -1.10. The van der Waals surface area contributed by atoms with Crippen LogP contribution in [0, 0.1) is 0 Å². The van der Waals surface area contributed by atoms with Crippen molar-refractivity contribution in [1.82, 2.24) is 0 Å². The maximum Gasteiger partial charge on any atom is 0.180 e. The number of nitrogens with two attached hydrogens (primary N) is 1. The van der Waals surface area contributed by atoms with Crippen LogP contribution < -0.4 is 5.73 Å². The van der Waals surface area contributed by atoms with E-state index in [2.05, 4.69) is 0 Å². The number of unbranched alkanes of at least 4 members (excludes halogenated alkanes) is 1. The zero-order valence-corrected chi connectivity index (χ0v) is 13.4. The van der Waals surface area contributed by atoms with Crippen LogP contribution in [0.1, 0.15) is 19.3 Å². The molecule has 0 bridgehead atoms. The summed E-state index contributed by atoms with van der Waals surface area (Å²) in [6.07, 6.45) is 2.40. The zero-order chi connectivity index (χ0) is 15.3. The molecule has 0 fully saturated rings. The van der Waals surface area contributed by atoms with Gasteiger partial charge in [0.1, 0.15) is 0 Å². The van der Waals surface area contributed by atoms with Crippen molar-refractivity contribution in [1.29, 1.82) is 0 Å². The fourth-order valence-corrected chi connectivity index (χ4v) is 4.67. The monoisotopic (exact) mass is 325 g/mol. The predicted octanol–water partition coefficient (Wildman–Crippen LogP) is 3.35. The molecule has 2 aromatic carbocycles. The first kappa shape index (κ1) is 16.3. The molecular formula is C16H20ClNO2S. The van der Waals surface area contributed by atoms with E-state index in [-0.39, 0.29) is 11.1 Å². The summed E-state index contributed by atoms with van der Waals surface area (Å²) in [5.74, 6) is -0.0346. The Balaban J connectivity index is 2.22. The fraction of sp³-hybridized carbons (Fsp3) is 0.375. The molecule has 21 heavy (non-hydrogen) atoms. The third-order valence-electron chi connectivity index (χ3n) is 3.46. The van der Waals surface area contributed by atoms with Gasteiger partial charge in [0, 0.05) is 10.8 Å². The van der Waals surface area contributed by atoms with Crippen LogP contribution in [0.5, 0.6) is 0 Å². The second kappa shape index (κ2) is 7.25. The first-order valence-corrected chi connectivity index (χ1v) is 9.18. The first-order chi connectivity index (χ1) is 10.0. The van der Waals surface area contributed by atoms with Gasteiger partial charge < -0.3 is 5.73 Å². The Morgan fingerprint density at radius 3 is 2.52 bits per heavy atom. The molecule has 0 saturated heterocycles. The fourth-order valence-electron chi connectivity index (χ4n) is 2.39. The molecule has 3 nitrogen and oxygen atoms in total. The highest BCUT2D eigenvalue weighted by Gasteiger charge is 2.21. The van der Waals surface area contributed by atoms with E-state index in [4.69, 9.17) is 17.3 Å². The molecule has 0 radical (unpaired) electrons. The van der Waals surface area contributed by atoms with E-state index < -0.39 is 9.84 Å². The van der Waals surface area contributed by atoms with E-state index >= 15 is 0 Å². The highest BCUT2D eigenvalue weighted by Crippen LogP contribution is 2.25. The van der Waals surface area contributed by atoms with Gasteiger partial charge in [-0.3, -0.25) is 0 Å². The van der Waals surface area contributed by atoms with E-state index in [0.717, 1.165) is 23.6 Å². The standard InChI is InChI=1S/C16H20ClNO2S/c17-14(8-3-4-11-18)12-21(19,20)16-10-5-7-13-6-1-2-9-15(13)16/h1-2,5-7,9-10,14H,3-4,8,11-12,18H2. The van der Waals surface area contributed by atoms with E-state index in [9.17, 15) is 8.42 Å². The van der Waals surface area contributed by atoms with Gasteiger partial charge in [0.05, 0.1) is 10.6 Å². The van der Waals surface area contributed by atoms with Crippen molar-refractivity contribution in [3.8, 4) is 0 Å². The van der Waals surface area contributed by atoms with Crippen molar-refractivity contribution in [2.75, 3.05) is 12.3 Å². The lowest BCUT2D eigenvalue weighted by Crippen LogP contribution is -2.17. The minimum atomic E-state index is -3.39. The molecule has 0 saturated carbocycles. The number of fused-ring (bicyclic) bond motifs is 1. The van der Waals surface area contributed by atoms with E-state index in [1.807, 2.05) is 30.3 Å². The van der Waals surface area contributed by atoms with Crippen LogP contribution in [-0.4, -0.2) is 26.1 Å². The largest absolute Gasteiger partial charge is 0.330 e. The molecule has 0 aliphatic carbocycles. The number of alkyl halides is 1. The Labute approximate surface area is 131 Å². The van der Waals surface area contributed by atoms with E-state index in [1.165, 1.54) is 0 Å². The molecule has 0 aliphatic rings. The van der Waals surface area contributed by atoms with Crippen LogP contribution in [0.15, 0.2) is 47.4 Å². The van der Waals surface area contributed by atoms with Crippen LogP contribution in [0.3, 0.4) is 0 Å². The number of sulfone groups is 1. The summed E-state index contributed by atoms with van der Waals surface area (Å²) >= 11 is 6.18. The number of hydrogen-bond acceptors (Lipinski definition) is 3. The van der Waals surface area contributed by atoms with Crippen LogP contribution >= 0.6 is 11.6 Å². The average Bonchev–Trinajstić information content (AvgIpc) is 2.46. The van der Waals surface area contributed by atoms with Crippen LogP contribution in [-0.2, 0) is 9.84 Å². The molecule has 2 N–H and O–H groups in total.